The van der Waals surface area contributed by atoms with Crippen molar-refractivity contribution in [2.75, 3.05) is 19.8 Å². The summed E-state index contributed by atoms with van der Waals surface area (Å²) in [5.41, 5.74) is 2.19. The first-order chi connectivity index (χ1) is 11.3. The van der Waals surface area contributed by atoms with Crippen LogP contribution < -0.4 is 4.74 Å². The van der Waals surface area contributed by atoms with Crippen LogP contribution in [-0.4, -0.2) is 29.8 Å². The van der Waals surface area contributed by atoms with E-state index < -0.39 is 0 Å². The Bertz CT molecular complexity index is 669. The Labute approximate surface area is 142 Å². The van der Waals surface area contributed by atoms with Crippen LogP contribution in [0.5, 0.6) is 5.75 Å². The molecule has 0 fully saturated rings. The number of aliphatic hydroxyl groups excluding tert-OH is 1. The van der Waals surface area contributed by atoms with E-state index in [0.717, 1.165) is 30.9 Å². The van der Waals surface area contributed by atoms with Gasteiger partial charge in [-0.3, -0.25) is 4.90 Å². The number of para-hydroxylation sites is 1. The quantitative estimate of drug-likeness (QED) is 0.789. The minimum absolute atomic E-state index is 0.0967. The van der Waals surface area contributed by atoms with Gasteiger partial charge in [0.05, 0.1) is 6.61 Å². The van der Waals surface area contributed by atoms with Gasteiger partial charge < -0.3 is 9.84 Å². The molecule has 4 heteroatoms. The second-order valence-corrected chi connectivity index (χ2v) is 6.10. The summed E-state index contributed by atoms with van der Waals surface area (Å²) in [6, 6.07) is 10.3. The molecule has 1 aromatic carbocycles. The molecular weight excluding hydrogens is 306 g/mol. The topological polar surface area (TPSA) is 32.7 Å². The normalized spacial score (nSPS) is 10.4. The summed E-state index contributed by atoms with van der Waals surface area (Å²) < 4.78 is 5.72. The molecule has 0 radical (unpaired) electrons. The van der Waals surface area contributed by atoms with Crippen molar-refractivity contribution in [3.05, 3.63) is 51.7 Å². The van der Waals surface area contributed by atoms with E-state index in [4.69, 9.17) is 9.84 Å². The molecular formula is C19H23NO2S. The average molecular weight is 329 g/mol. The molecule has 0 bridgehead atoms. The second kappa shape index (κ2) is 9.36. The lowest BCUT2D eigenvalue weighted by Gasteiger charge is -2.21. The van der Waals surface area contributed by atoms with Crippen LogP contribution in [0.3, 0.4) is 0 Å². The smallest absolute Gasteiger partial charge is 0.123 e. The van der Waals surface area contributed by atoms with Gasteiger partial charge >= 0.3 is 0 Å². The minimum Gasteiger partial charge on any atom is -0.494 e. The zero-order valence-corrected chi connectivity index (χ0v) is 14.5. The lowest BCUT2D eigenvalue weighted by molar-refractivity contribution is 0.264. The Balaban J connectivity index is 2.04. The van der Waals surface area contributed by atoms with Crippen LogP contribution in [0.15, 0.2) is 35.7 Å². The highest BCUT2D eigenvalue weighted by Crippen LogP contribution is 2.22. The maximum atomic E-state index is 8.76. The van der Waals surface area contributed by atoms with Crippen LogP contribution in [0, 0.1) is 11.8 Å². The Kier molecular flexibility index (Phi) is 7.15. The molecule has 0 amide bonds. The molecule has 23 heavy (non-hydrogen) atoms. The standard InChI is InChI=1S/C19H23NO2S/c1-3-20(13-17-9-5-6-10-19(17)22-4-2)14-18-12-16(15-23-18)8-7-11-21/h5-6,9-10,12,15,21H,3-4,11,13-14H2,1-2H3. The molecule has 0 aliphatic rings. The maximum Gasteiger partial charge on any atom is 0.123 e. The Morgan fingerprint density at radius 1 is 1.22 bits per heavy atom. The van der Waals surface area contributed by atoms with Gasteiger partial charge in [0.2, 0.25) is 0 Å². The van der Waals surface area contributed by atoms with Gasteiger partial charge in [0.15, 0.2) is 0 Å². The summed E-state index contributed by atoms with van der Waals surface area (Å²) in [7, 11) is 0. The molecule has 1 aromatic heterocycles. The lowest BCUT2D eigenvalue weighted by atomic mass is 10.2. The van der Waals surface area contributed by atoms with Crippen molar-refractivity contribution in [1.82, 2.24) is 4.90 Å². The average Bonchev–Trinajstić information content (AvgIpc) is 3.01. The minimum atomic E-state index is -0.0967. The summed E-state index contributed by atoms with van der Waals surface area (Å²) in [5, 5.41) is 10.8. The molecule has 0 saturated carbocycles. The molecule has 3 nitrogen and oxygen atoms in total. The van der Waals surface area contributed by atoms with Gasteiger partial charge in [-0.2, -0.15) is 0 Å². The molecule has 1 N–H and O–H groups in total. The van der Waals surface area contributed by atoms with E-state index in [1.165, 1.54) is 10.4 Å². The number of thiophene rings is 1. The van der Waals surface area contributed by atoms with Crippen molar-refractivity contribution in [2.24, 2.45) is 0 Å². The summed E-state index contributed by atoms with van der Waals surface area (Å²) >= 11 is 1.71. The molecule has 122 valence electrons. The highest BCUT2D eigenvalue weighted by atomic mass is 32.1. The fraction of sp³-hybridized carbons (Fsp3) is 0.368. The predicted octanol–water partition coefficient (Wildman–Crippen LogP) is 3.51. The number of aliphatic hydroxyl groups is 1. The summed E-state index contributed by atoms with van der Waals surface area (Å²) in [6.45, 7) is 7.49. The number of hydrogen-bond donors (Lipinski definition) is 1. The highest BCUT2D eigenvalue weighted by Gasteiger charge is 2.10. The Morgan fingerprint density at radius 2 is 2.04 bits per heavy atom. The van der Waals surface area contributed by atoms with Crippen LogP contribution in [0.1, 0.15) is 29.9 Å². The molecule has 1 heterocycles. The van der Waals surface area contributed by atoms with Crippen molar-refractivity contribution in [2.45, 2.75) is 26.9 Å². The molecule has 0 aliphatic carbocycles. The SMILES string of the molecule is CCOc1ccccc1CN(CC)Cc1cc(C#CCO)cs1. The number of hydrogen-bond acceptors (Lipinski definition) is 4. The number of rotatable bonds is 7. The van der Waals surface area contributed by atoms with Gasteiger partial charge in [-0.05, 0) is 25.6 Å². The van der Waals surface area contributed by atoms with Crippen molar-refractivity contribution in [3.8, 4) is 17.6 Å². The van der Waals surface area contributed by atoms with Crippen LogP contribution in [-0.2, 0) is 13.1 Å². The molecule has 0 atom stereocenters. The zero-order chi connectivity index (χ0) is 16.5. The maximum absolute atomic E-state index is 8.76. The van der Waals surface area contributed by atoms with Gasteiger partial charge in [0, 0.05) is 34.5 Å². The fourth-order valence-corrected chi connectivity index (χ4v) is 3.20. The first-order valence-electron chi connectivity index (χ1n) is 7.87. The van der Waals surface area contributed by atoms with Crippen LogP contribution in [0.2, 0.25) is 0 Å². The largest absolute Gasteiger partial charge is 0.494 e. The van der Waals surface area contributed by atoms with Crippen molar-refractivity contribution < 1.29 is 9.84 Å². The van der Waals surface area contributed by atoms with E-state index in [9.17, 15) is 0 Å². The van der Waals surface area contributed by atoms with Gasteiger partial charge in [-0.1, -0.05) is 37.0 Å². The first-order valence-corrected chi connectivity index (χ1v) is 8.75. The molecule has 0 saturated heterocycles. The monoisotopic (exact) mass is 329 g/mol. The molecule has 2 aromatic rings. The van der Waals surface area contributed by atoms with E-state index >= 15 is 0 Å². The summed E-state index contributed by atoms with van der Waals surface area (Å²) in [5.74, 6) is 6.61. The lowest BCUT2D eigenvalue weighted by Crippen LogP contribution is -2.22. The van der Waals surface area contributed by atoms with Crippen LogP contribution in [0.4, 0.5) is 0 Å². The highest BCUT2D eigenvalue weighted by molar-refractivity contribution is 7.10. The van der Waals surface area contributed by atoms with E-state index in [0.29, 0.717) is 6.61 Å². The predicted molar refractivity (Wildman–Crippen MR) is 95.7 cm³/mol. The van der Waals surface area contributed by atoms with E-state index in [1.807, 2.05) is 24.4 Å². The third-order valence-electron chi connectivity index (χ3n) is 3.46. The van der Waals surface area contributed by atoms with Gasteiger partial charge in [0.25, 0.3) is 0 Å². The Hall–Kier alpha value is -1.80. The number of nitrogens with zero attached hydrogens (tertiary/aromatic N) is 1. The first kappa shape index (κ1) is 17.6. The van der Waals surface area contributed by atoms with Crippen molar-refractivity contribution in [3.63, 3.8) is 0 Å². The number of ether oxygens (including phenoxy) is 1. The summed E-state index contributed by atoms with van der Waals surface area (Å²) in [4.78, 5) is 3.66. The second-order valence-electron chi connectivity index (χ2n) is 5.11. The third kappa shape index (κ3) is 5.40. The van der Waals surface area contributed by atoms with Crippen molar-refractivity contribution >= 4 is 11.3 Å². The van der Waals surface area contributed by atoms with Gasteiger partial charge in [0.1, 0.15) is 12.4 Å². The van der Waals surface area contributed by atoms with Crippen LogP contribution >= 0.6 is 11.3 Å². The Morgan fingerprint density at radius 3 is 2.78 bits per heavy atom. The molecule has 2 rings (SSSR count). The molecule has 0 spiro atoms. The molecule has 0 unspecified atom stereocenters. The third-order valence-corrected chi connectivity index (χ3v) is 4.38. The van der Waals surface area contributed by atoms with Crippen LogP contribution in [0.25, 0.3) is 0 Å². The van der Waals surface area contributed by atoms with E-state index in [-0.39, 0.29) is 6.61 Å². The van der Waals surface area contributed by atoms with Gasteiger partial charge in [-0.15, -0.1) is 11.3 Å². The number of benzene rings is 1. The van der Waals surface area contributed by atoms with Gasteiger partial charge in [-0.25, -0.2) is 0 Å². The zero-order valence-electron chi connectivity index (χ0n) is 13.7. The summed E-state index contributed by atoms with van der Waals surface area (Å²) in [6.07, 6.45) is 0. The van der Waals surface area contributed by atoms with E-state index in [2.05, 4.69) is 41.9 Å². The van der Waals surface area contributed by atoms with Crippen molar-refractivity contribution in [1.29, 1.82) is 0 Å². The fourth-order valence-electron chi connectivity index (χ4n) is 2.34. The molecule has 0 aliphatic heterocycles. The van der Waals surface area contributed by atoms with E-state index in [1.54, 1.807) is 11.3 Å².